The Balaban J connectivity index is 2.01. The average Bonchev–Trinajstić information content (AvgIpc) is 3.05. The van der Waals surface area contributed by atoms with Crippen molar-refractivity contribution in [3.8, 4) is 0 Å². The average molecular weight is 256 g/mol. The van der Waals surface area contributed by atoms with Crippen LogP contribution in [0.4, 0.5) is 13.2 Å². The van der Waals surface area contributed by atoms with E-state index in [2.05, 4.69) is 15.0 Å². The van der Waals surface area contributed by atoms with Crippen LogP contribution in [0.15, 0.2) is 12.1 Å². The molecule has 0 aliphatic heterocycles. The highest BCUT2D eigenvalue weighted by Crippen LogP contribution is 2.39. The molecular weight excluding hydrogens is 245 g/mol. The van der Waals surface area contributed by atoms with Gasteiger partial charge in [-0.15, -0.1) is 0 Å². The Morgan fingerprint density at radius 1 is 1.28 bits per heavy atom. The summed E-state index contributed by atoms with van der Waals surface area (Å²) in [6, 6.07) is 2.03. The van der Waals surface area contributed by atoms with Gasteiger partial charge >= 0.3 is 6.18 Å². The summed E-state index contributed by atoms with van der Waals surface area (Å²) >= 11 is 0. The first-order valence-corrected chi connectivity index (χ1v) is 5.64. The number of aromatic amines is 1. The maximum Gasteiger partial charge on any atom is 0.433 e. The van der Waals surface area contributed by atoms with Crippen LogP contribution in [0, 0.1) is 5.92 Å². The van der Waals surface area contributed by atoms with E-state index in [0.29, 0.717) is 17.3 Å². The lowest BCUT2D eigenvalue weighted by atomic mass is 10.2. The van der Waals surface area contributed by atoms with Crippen LogP contribution in [0.25, 0.3) is 11.2 Å². The van der Waals surface area contributed by atoms with Gasteiger partial charge in [0.05, 0.1) is 11.6 Å². The van der Waals surface area contributed by atoms with Gasteiger partial charge in [0.2, 0.25) is 0 Å². The molecule has 2 aromatic heterocycles. The Hall–Kier alpha value is -1.63. The number of H-pyrrole nitrogens is 1. The fourth-order valence-electron chi connectivity index (χ4n) is 1.91. The third kappa shape index (κ3) is 1.94. The summed E-state index contributed by atoms with van der Waals surface area (Å²) in [5, 5.41) is 0. The third-order valence-corrected chi connectivity index (χ3v) is 3.10. The first-order valence-electron chi connectivity index (χ1n) is 5.64. The minimum Gasteiger partial charge on any atom is -0.339 e. The van der Waals surface area contributed by atoms with E-state index in [-0.39, 0.29) is 11.7 Å². The number of nitrogens with two attached hydrogens (primary N) is 1. The van der Waals surface area contributed by atoms with Crippen LogP contribution in [-0.2, 0) is 6.18 Å². The third-order valence-electron chi connectivity index (χ3n) is 3.10. The number of hydrogen-bond donors (Lipinski definition) is 2. The van der Waals surface area contributed by atoms with E-state index in [1.165, 1.54) is 6.07 Å². The molecule has 0 unspecified atom stereocenters. The Bertz CT molecular complexity index is 585. The standard InChI is InChI=1S/C11H11F3N4/c12-11(13,14)7-4-3-6-9(17-7)18-10(16-6)8(15)5-1-2-5/h3-5,8H,1-2,15H2,(H,16,17,18)/t8-/m0/s1. The summed E-state index contributed by atoms with van der Waals surface area (Å²) in [6.45, 7) is 0. The van der Waals surface area contributed by atoms with Crippen molar-refractivity contribution in [3.63, 3.8) is 0 Å². The van der Waals surface area contributed by atoms with E-state index in [9.17, 15) is 13.2 Å². The van der Waals surface area contributed by atoms with Gasteiger partial charge in [-0.2, -0.15) is 13.2 Å². The summed E-state index contributed by atoms with van der Waals surface area (Å²) in [7, 11) is 0. The van der Waals surface area contributed by atoms with E-state index < -0.39 is 11.9 Å². The fraction of sp³-hybridized carbons (Fsp3) is 0.455. The second-order valence-corrected chi connectivity index (χ2v) is 4.55. The van der Waals surface area contributed by atoms with Crippen molar-refractivity contribution < 1.29 is 13.2 Å². The van der Waals surface area contributed by atoms with Crippen LogP contribution >= 0.6 is 0 Å². The molecule has 0 bridgehead atoms. The molecule has 18 heavy (non-hydrogen) atoms. The Kier molecular flexibility index (Phi) is 2.34. The van der Waals surface area contributed by atoms with E-state index in [1.54, 1.807) is 0 Å². The van der Waals surface area contributed by atoms with Crippen molar-refractivity contribution in [2.45, 2.75) is 25.1 Å². The number of halogens is 3. The number of imidazole rings is 1. The second-order valence-electron chi connectivity index (χ2n) is 4.55. The first-order chi connectivity index (χ1) is 8.45. The van der Waals surface area contributed by atoms with Gasteiger partial charge in [0.25, 0.3) is 0 Å². The number of alkyl halides is 3. The second kappa shape index (κ2) is 3.68. The predicted molar refractivity (Wildman–Crippen MR) is 58.5 cm³/mol. The molecule has 1 atom stereocenters. The van der Waals surface area contributed by atoms with Crippen LogP contribution in [-0.4, -0.2) is 15.0 Å². The first kappa shape index (κ1) is 11.5. The van der Waals surface area contributed by atoms with Crippen LogP contribution in [0.5, 0.6) is 0 Å². The molecular formula is C11H11F3N4. The molecule has 1 saturated carbocycles. The molecule has 0 radical (unpaired) electrons. The highest BCUT2D eigenvalue weighted by Gasteiger charge is 2.34. The predicted octanol–water partition coefficient (Wildman–Crippen LogP) is 2.39. The Labute approximate surface area is 100 Å². The SMILES string of the molecule is N[C@H](c1nc2nc(C(F)(F)F)ccc2[nH]1)C1CC1. The van der Waals surface area contributed by atoms with Crippen molar-refractivity contribution in [2.75, 3.05) is 0 Å². The molecule has 4 nitrogen and oxygen atoms in total. The maximum atomic E-state index is 12.5. The molecule has 0 aromatic carbocycles. The zero-order chi connectivity index (χ0) is 12.9. The minimum atomic E-state index is -4.45. The smallest absolute Gasteiger partial charge is 0.339 e. The highest BCUT2D eigenvalue weighted by atomic mass is 19.4. The number of aromatic nitrogens is 3. The molecule has 0 amide bonds. The normalized spacial score (nSPS) is 18.2. The van der Waals surface area contributed by atoms with Crippen molar-refractivity contribution in [2.24, 2.45) is 11.7 Å². The molecule has 1 aliphatic carbocycles. The van der Waals surface area contributed by atoms with E-state index in [4.69, 9.17) is 5.73 Å². The van der Waals surface area contributed by atoms with Gasteiger partial charge in [0.1, 0.15) is 11.5 Å². The summed E-state index contributed by atoms with van der Waals surface area (Å²) in [6.07, 6.45) is -2.37. The number of pyridine rings is 1. The largest absolute Gasteiger partial charge is 0.433 e. The molecule has 2 aromatic rings. The van der Waals surface area contributed by atoms with Crippen LogP contribution < -0.4 is 5.73 Å². The summed E-state index contributed by atoms with van der Waals surface area (Å²) < 4.78 is 37.5. The zero-order valence-corrected chi connectivity index (χ0v) is 9.33. The van der Waals surface area contributed by atoms with Crippen molar-refractivity contribution >= 4 is 11.2 Å². The summed E-state index contributed by atoms with van der Waals surface area (Å²) in [5.41, 5.74) is 5.55. The highest BCUT2D eigenvalue weighted by molar-refractivity contribution is 5.70. The van der Waals surface area contributed by atoms with Crippen LogP contribution in [0.3, 0.4) is 0 Å². The quantitative estimate of drug-likeness (QED) is 0.866. The Morgan fingerprint density at radius 2 is 2.00 bits per heavy atom. The number of hydrogen-bond acceptors (Lipinski definition) is 3. The lowest BCUT2D eigenvalue weighted by molar-refractivity contribution is -0.141. The number of nitrogens with zero attached hydrogens (tertiary/aromatic N) is 2. The lowest BCUT2D eigenvalue weighted by Gasteiger charge is -2.04. The van der Waals surface area contributed by atoms with Crippen LogP contribution in [0.1, 0.15) is 30.4 Å². The number of rotatable bonds is 2. The molecule has 0 saturated heterocycles. The molecule has 3 N–H and O–H groups in total. The molecule has 1 fully saturated rings. The van der Waals surface area contributed by atoms with Crippen molar-refractivity contribution in [1.82, 2.24) is 15.0 Å². The zero-order valence-electron chi connectivity index (χ0n) is 9.33. The van der Waals surface area contributed by atoms with Gasteiger partial charge in [-0.1, -0.05) is 0 Å². The Morgan fingerprint density at radius 3 is 2.61 bits per heavy atom. The minimum absolute atomic E-state index is 0.0657. The van der Waals surface area contributed by atoms with Crippen molar-refractivity contribution in [3.05, 3.63) is 23.7 Å². The van der Waals surface area contributed by atoms with Gasteiger partial charge < -0.3 is 10.7 Å². The number of fused-ring (bicyclic) bond motifs is 1. The monoisotopic (exact) mass is 256 g/mol. The van der Waals surface area contributed by atoms with E-state index >= 15 is 0 Å². The van der Waals surface area contributed by atoms with E-state index in [0.717, 1.165) is 18.9 Å². The van der Waals surface area contributed by atoms with Gasteiger partial charge in [-0.3, -0.25) is 0 Å². The van der Waals surface area contributed by atoms with Gasteiger partial charge in [0.15, 0.2) is 5.65 Å². The number of nitrogens with one attached hydrogen (secondary N) is 1. The lowest BCUT2D eigenvalue weighted by Crippen LogP contribution is -2.13. The van der Waals surface area contributed by atoms with Crippen molar-refractivity contribution in [1.29, 1.82) is 0 Å². The van der Waals surface area contributed by atoms with Gasteiger partial charge in [-0.05, 0) is 30.9 Å². The summed E-state index contributed by atoms with van der Waals surface area (Å²) in [5.74, 6) is 0.895. The molecule has 96 valence electrons. The molecule has 0 spiro atoms. The fourth-order valence-corrected chi connectivity index (χ4v) is 1.91. The van der Waals surface area contributed by atoms with E-state index in [1.807, 2.05) is 0 Å². The maximum absolute atomic E-state index is 12.5. The van der Waals surface area contributed by atoms with Gasteiger partial charge in [0, 0.05) is 0 Å². The molecule has 1 aliphatic rings. The topological polar surface area (TPSA) is 67.6 Å². The van der Waals surface area contributed by atoms with Gasteiger partial charge in [-0.25, -0.2) is 9.97 Å². The summed E-state index contributed by atoms with van der Waals surface area (Å²) in [4.78, 5) is 10.5. The molecule has 2 heterocycles. The van der Waals surface area contributed by atoms with Crippen LogP contribution in [0.2, 0.25) is 0 Å². The molecule has 7 heteroatoms. The molecule has 3 rings (SSSR count).